The van der Waals surface area contributed by atoms with Gasteiger partial charge in [-0.15, -0.1) is 0 Å². The minimum Gasteiger partial charge on any atom is -0.493 e. The number of hydrogen-bond acceptors (Lipinski definition) is 2. The molecule has 0 N–H and O–H groups in total. The molecule has 0 aliphatic carbocycles. The molecule has 0 spiro atoms. The fourth-order valence-corrected chi connectivity index (χ4v) is 1.29. The highest BCUT2D eigenvalue weighted by Crippen LogP contribution is 2.30. The average molecular weight is 195 g/mol. The second kappa shape index (κ2) is 4.86. The Hall–Kier alpha value is -1.22. The van der Waals surface area contributed by atoms with Crippen molar-refractivity contribution in [1.82, 2.24) is 0 Å². The fraction of sp³-hybridized carbons (Fsp3) is 0.455. The number of benzene rings is 1. The summed E-state index contributed by atoms with van der Waals surface area (Å²) in [5.41, 5.74) is 0.741. The lowest BCUT2D eigenvalue weighted by Crippen LogP contribution is -1.96. The van der Waals surface area contributed by atoms with Gasteiger partial charge in [-0.05, 0) is 24.1 Å². The summed E-state index contributed by atoms with van der Waals surface area (Å²) in [4.78, 5) is 0. The molecule has 0 saturated heterocycles. The third-order valence-electron chi connectivity index (χ3n) is 2.15. The van der Waals surface area contributed by atoms with Crippen LogP contribution < -0.4 is 9.47 Å². The minimum atomic E-state index is -0.685. The van der Waals surface area contributed by atoms with Crippen molar-refractivity contribution < 1.29 is 14.6 Å². The normalized spacial score (nSPS) is 12.3. The summed E-state index contributed by atoms with van der Waals surface area (Å²) in [7, 11) is 3.14. The van der Waals surface area contributed by atoms with E-state index in [0.29, 0.717) is 17.9 Å². The van der Waals surface area contributed by atoms with Crippen LogP contribution in [-0.4, -0.2) is 14.2 Å². The summed E-state index contributed by atoms with van der Waals surface area (Å²) in [6, 6.07) is 5.28. The largest absolute Gasteiger partial charge is 0.493 e. The van der Waals surface area contributed by atoms with Crippen molar-refractivity contribution in [1.29, 1.82) is 0 Å². The third kappa shape index (κ3) is 2.17. The first-order chi connectivity index (χ1) is 6.72. The Balaban J connectivity index is 3.01. The lowest BCUT2D eigenvalue weighted by Gasteiger charge is -2.11. The Labute approximate surface area is 84.3 Å². The Morgan fingerprint density at radius 1 is 1.21 bits per heavy atom. The molecular formula is C11H15O3. The Morgan fingerprint density at radius 3 is 2.36 bits per heavy atom. The summed E-state index contributed by atoms with van der Waals surface area (Å²) in [6.45, 7) is 1.87. The molecule has 77 valence electrons. The van der Waals surface area contributed by atoms with Gasteiger partial charge in [-0.1, -0.05) is 13.0 Å². The van der Waals surface area contributed by atoms with Crippen molar-refractivity contribution in [3.05, 3.63) is 23.8 Å². The monoisotopic (exact) mass is 195 g/mol. The van der Waals surface area contributed by atoms with E-state index in [2.05, 4.69) is 0 Å². The van der Waals surface area contributed by atoms with E-state index in [1.54, 1.807) is 32.4 Å². The molecule has 0 amide bonds. The molecule has 1 aromatic rings. The lowest BCUT2D eigenvalue weighted by molar-refractivity contribution is 0.0854. The number of hydrogen-bond donors (Lipinski definition) is 0. The highest BCUT2D eigenvalue weighted by atomic mass is 16.5. The van der Waals surface area contributed by atoms with Crippen molar-refractivity contribution in [2.75, 3.05) is 14.2 Å². The third-order valence-corrected chi connectivity index (χ3v) is 2.15. The molecule has 0 saturated carbocycles. The fourth-order valence-electron chi connectivity index (χ4n) is 1.29. The van der Waals surface area contributed by atoms with Crippen LogP contribution in [0.5, 0.6) is 11.5 Å². The van der Waals surface area contributed by atoms with Crippen molar-refractivity contribution in [2.24, 2.45) is 0 Å². The molecule has 0 aromatic heterocycles. The van der Waals surface area contributed by atoms with Crippen LogP contribution in [0, 0.1) is 0 Å². The molecule has 0 fully saturated rings. The van der Waals surface area contributed by atoms with Crippen LogP contribution in [0.2, 0.25) is 0 Å². The SMILES string of the molecule is CCC([O])c1ccc(OC)c(OC)c1. The molecule has 1 unspecified atom stereocenters. The quantitative estimate of drug-likeness (QED) is 0.740. The summed E-state index contributed by atoms with van der Waals surface area (Å²) >= 11 is 0. The van der Waals surface area contributed by atoms with Gasteiger partial charge < -0.3 is 9.47 Å². The molecular weight excluding hydrogens is 180 g/mol. The van der Waals surface area contributed by atoms with E-state index in [9.17, 15) is 5.11 Å². The maximum Gasteiger partial charge on any atom is 0.161 e. The highest BCUT2D eigenvalue weighted by Gasteiger charge is 2.10. The zero-order chi connectivity index (χ0) is 10.6. The molecule has 0 aliphatic rings. The van der Waals surface area contributed by atoms with Gasteiger partial charge in [0.05, 0.1) is 14.2 Å². The molecule has 1 rings (SSSR count). The van der Waals surface area contributed by atoms with E-state index in [1.807, 2.05) is 6.92 Å². The second-order valence-corrected chi connectivity index (χ2v) is 3.01. The Bertz CT molecular complexity index is 297. The number of ether oxygens (including phenoxy) is 2. The van der Waals surface area contributed by atoms with Crippen molar-refractivity contribution in [3.63, 3.8) is 0 Å². The zero-order valence-corrected chi connectivity index (χ0v) is 8.74. The van der Waals surface area contributed by atoms with Crippen LogP contribution in [-0.2, 0) is 5.11 Å². The van der Waals surface area contributed by atoms with Gasteiger partial charge in [0.2, 0.25) is 0 Å². The van der Waals surface area contributed by atoms with Crippen molar-refractivity contribution >= 4 is 0 Å². The van der Waals surface area contributed by atoms with Crippen LogP contribution in [0.4, 0.5) is 0 Å². The van der Waals surface area contributed by atoms with E-state index in [-0.39, 0.29) is 0 Å². The van der Waals surface area contributed by atoms with Gasteiger partial charge in [0.25, 0.3) is 0 Å². The topological polar surface area (TPSA) is 38.4 Å². The molecule has 3 nitrogen and oxygen atoms in total. The molecule has 14 heavy (non-hydrogen) atoms. The van der Waals surface area contributed by atoms with Crippen LogP contribution in [0.15, 0.2) is 18.2 Å². The molecule has 1 atom stereocenters. The van der Waals surface area contributed by atoms with E-state index in [1.165, 1.54) is 0 Å². The minimum absolute atomic E-state index is 0.579. The van der Waals surface area contributed by atoms with E-state index >= 15 is 0 Å². The molecule has 1 radical (unpaired) electrons. The highest BCUT2D eigenvalue weighted by molar-refractivity contribution is 5.43. The van der Waals surface area contributed by atoms with Gasteiger partial charge in [-0.2, -0.15) is 0 Å². The summed E-state index contributed by atoms with van der Waals surface area (Å²) in [5.74, 6) is 1.26. The number of rotatable bonds is 4. The zero-order valence-electron chi connectivity index (χ0n) is 8.74. The first-order valence-electron chi connectivity index (χ1n) is 4.60. The van der Waals surface area contributed by atoms with E-state index in [4.69, 9.17) is 9.47 Å². The maximum atomic E-state index is 11.5. The smallest absolute Gasteiger partial charge is 0.161 e. The van der Waals surface area contributed by atoms with Crippen molar-refractivity contribution in [2.45, 2.75) is 19.4 Å². The van der Waals surface area contributed by atoms with Gasteiger partial charge in [-0.3, -0.25) is 0 Å². The second-order valence-electron chi connectivity index (χ2n) is 3.01. The molecule has 0 bridgehead atoms. The van der Waals surface area contributed by atoms with Crippen molar-refractivity contribution in [3.8, 4) is 11.5 Å². The van der Waals surface area contributed by atoms with Gasteiger partial charge in [0.1, 0.15) is 6.10 Å². The molecule has 0 aliphatic heterocycles. The number of methoxy groups -OCH3 is 2. The van der Waals surface area contributed by atoms with E-state index < -0.39 is 6.10 Å². The standard InChI is InChI=1S/C11H15O3/c1-4-9(12)8-5-6-10(13-2)11(7-8)14-3/h5-7,9H,4H2,1-3H3. The lowest BCUT2D eigenvalue weighted by atomic mass is 10.1. The first-order valence-corrected chi connectivity index (χ1v) is 4.60. The van der Waals surface area contributed by atoms with Crippen LogP contribution in [0.25, 0.3) is 0 Å². The Kier molecular flexibility index (Phi) is 3.77. The van der Waals surface area contributed by atoms with Crippen LogP contribution in [0.3, 0.4) is 0 Å². The van der Waals surface area contributed by atoms with Crippen LogP contribution >= 0.6 is 0 Å². The van der Waals surface area contributed by atoms with E-state index in [0.717, 1.165) is 5.56 Å². The first kappa shape index (κ1) is 10.9. The van der Waals surface area contributed by atoms with Gasteiger partial charge in [0, 0.05) is 0 Å². The predicted molar refractivity (Wildman–Crippen MR) is 53.3 cm³/mol. The average Bonchev–Trinajstić information content (AvgIpc) is 2.26. The summed E-state index contributed by atoms with van der Waals surface area (Å²) in [6.07, 6.45) is -0.107. The predicted octanol–water partition coefficient (Wildman–Crippen LogP) is 2.59. The summed E-state index contributed by atoms with van der Waals surface area (Å²) < 4.78 is 10.2. The molecule has 1 aromatic carbocycles. The molecule has 0 heterocycles. The van der Waals surface area contributed by atoms with Gasteiger partial charge in [0.15, 0.2) is 11.5 Å². The molecule has 3 heteroatoms. The Morgan fingerprint density at radius 2 is 1.86 bits per heavy atom. The van der Waals surface area contributed by atoms with Crippen LogP contribution in [0.1, 0.15) is 25.0 Å². The summed E-state index contributed by atoms with van der Waals surface area (Å²) in [5, 5.41) is 11.5. The van der Waals surface area contributed by atoms with Gasteiger partial charge >= 0.3 is 0 Å². The van der Waals surface area contributed by atoms with Gasteiger partial charge in [-0.25, -0.2) is 5.11 Å². The maximum absolute atomic E-state index is 11.5.